The number of amides is 1. The lowest BCUT2D eigenvalue weighted by atomic mass is 10.4. The van der Waals surface area contributed by atoms with Crippen LogP contribution < -0.4 is 10.6 Å². The highest BCUT2D eigenvalue weighted by molar-refractivity contribution is 14.0. The smallest absolute Gasteiger partial charge is 0.222 e. The molecule has 0 atom stereocenters. The van der Waals surface area contributed by atoms with Crippen molar-refractivity contribution in [3.63, 3.8) is 0 Å². The molecule has 0 aromatic heterocycles. The highest BCUT2D eigenvalue weighted by Gasteiger charge is 2.18. The number of nitrogens with one attached hydrogen (secondary N) is 2. The van der Waals surface area contributed by atoms with Gasteiger partial charge in [-0.25, -0.2) is 0 Å². The van der Waals surface area contributed by atoms with Gasteiger partial charge in [-0.05, 0) is 44.0 Å². The van der Waals surface area contributed by atoms with Crippen molar-refractivity contribution < 1.29 is 4.79 Å². The van der Waals surface area contributed by atoms with Crippen LogP contribution >= 0.6 is 47.3 Å². The van der Waals surface area contributed by atoms with Gasteiger partial charge in [-0.2, -0.15) is 0 Å². The Morgan fingerprint density at radius 3 is 2.73 bits per heavy atom. The van der Waals surface area contributed by atoms with Crippen LogP contribution in [-0.4, -0.2) is 55.2 Å². The zero-order valence-corrected chi connectivity index (χ0v) is 19.1. The first-order chi connectivity index (χ1) is 12.2. The Hall–Kier alpha value is -0.670. The first kappa shape index (κ1) is 23.4. The third-order valence-corrected chi connectivity index (χ3v) is 5.11. The molecule has 26 heavy (non-hydrogen) atoms. The highest BCUT2D eigenvalue weighted by atomic mass is 127. The van der Waals surface area contributed by atoms with Gasteiger partial charge in [0.1, 0.15) is 0 Å². The van der Waals surface area contributed by atoms with Gasteiger partial charge in [-0.3, -0.25) is 9.79 Å². The van der Waals surface area contributed by atoms with Crippen molar-refractivity contribution in [1.82, 2.24) is 15.5 Å². The predicted molar refractivity (Wildman–Crippen MR) is 122 cm³/mol. The fourth-order valence-electron chi connectivity index (χ4n) is 2.60. The highest BCUT2D eigenvalue weighted by Crippen LogP contribution is 2.19. The predicted octanol–water partition coefficient (Wildman–Crippen LogP) is 3.62. The molecule has 8 heteroatoms. The molecule has 5 nitrogen and oxygen atoms in total. The van der Waals surface area contributed by atoms with Crippen molar-refractivity contribution in [3.05, 3.63) is 29.3 Å². The van der Waals surface area contributed by atoms with Crippen molar-refractivity contribution in [3.8, 4) is 0 Å². The van der Waals surface area contributed by atoms with E-state index in [1.165, 1.54) is 4.90 Å². The lowest BCUT2D eigenvalue weighted by Gasteiger charge is -2.15. The first-order valence-electron chi connectivity index (χ1n) is 8.87. The van der Waals surface area contributed by atoms with E-state index in [2.05, 4.69) is 22.5 Å². The minimum atomic E-state index is 0. The molecular formula is C18H28ClIN4OS. The Morgan fingerprint density at radius 1 is 1.31 bits per heavy atom. The van der Waals surface area contributed by atoms with Gasteiger partial charge >= 0.3 is 0 Å². The zero-order valence-electron chi connectivity index (χ0n) is 15.2. The van der Waals surface area contributed by atoms with Crippen LogP contribution in [0, 0.1) is 0 Å². The molecule has 1 saturated heterocycles. The zero-order chi connectivity index (χ0) is 17.9. The van der Waals surface area contributed by atoms with Gasteiger partial charge in [0.25, 0.3) is 0 Å². The van der Waals surface area contributed by atoms with Crippen molar-refractivity contribution >= 4 is 59.2 Å². The van der Waals surface area contributed by atoms with Gasteiger partial charge in [0.2, 0.25) is 5.91 Å². The lowest BCUT2D eigenvalue weighted by Crippen LogP contribution is -2.38. The molecule has 1 aromatic carbocycles. The quantitative estimate of drug-likeness (QED) is 0.175. The summed E-state index contributed by atoms with van der Waals surface area (Å²) in [6.07, 6.45) is 2.61. The summed E-state index contributed by atoms with van der Waals surface area (Å²) in [5.74, 6) is 2.08. The molecule has 1 aliphatic heterocycles. The van der Waals surface area contributed by atoms with E-state index >= 15 is 0 Å². The molecule has 0 radical (unpaired) electrons. The Balaban J connectivity index is 0.00000338. The van der Waals surface area contributed by atoms with Gasteiger partial charge in [-0.15, -0.1) is 35.7 Å². The van der Waals surface area contributed by atoms with Crippen LogP contribution in [0.25, 0.3) is 0 Å². The normalized spacial score (nSPS) is 14.3. The fraction of sp³-hybridized carbons (Fsp3) is 0.556. The summed E-state index contributed by atoms with van der Waals surface area (Å²) in [6, 6.07) is 7.89. The molecule has 1 heterocycles. The number of carbonyl (C=O) groups excluding carboxylic acids is 1. The summed E-state index contributed by atoms with van der Waals surface area (Å²) >= 11 is 7.68. The van der Waals surface area contributed by atoms with Crippen LogP contribution in [0.4, 0.5) is 0 Å². The van der Waals surface area contributed by atoms with E-state index in [1.807, 2.05) is 29.2 Å². The molecule has 1 aromatic rings. The van der Waals surface area contributed by atoms with Crippen LogP contribution in [0.1, 0.15) is 26.2 Å². The Bertz CT molecular complexity index is 571. The van der Waals surface area contributed by atoms with E-state index in [0.717, 1.165) is 62.3 Å². The number of carbonyl (C=O) groups is 1. The molecule has 0 unspecified atom stereocenters. The van der Waals surface area contributed by atoms with Crippen molar-refractivity contribution in [2.24, 2.45) is 4.99 Å². The minimum absolute atomic E-state index is 0. The standard InChI is InChI=1S/C18H27ClN4OS.HI/c1-2-20-18(21-10-4-13-23-12-3-5-17(23)24)22-11-14-25-16-8-6-15(19)7-9-16;/h6-9H,2-5,10-14H2,1H3,(H2,20,21,22);1H. The monoisotopic (exact) mass is 510 g/mol. The largest absolute Gasteiger partial charge is 0.357 e. The Morgan fingerprint density at radius 2 is 2.08 bits per heavy atom. The second kappa shape index (κ2) is 13.5. The second-order valence-electron chi connectivity index (χ2n) is 5.83. The lowest BCUT2D eigenvalue weighted by molar-refractivity contribution is -0.127. The molecule has 0 aliphatic carbocycles. The summed E-state index contributed by atoms with van der Waals surface area (Å²) in [4.78, 5) is 19.3. The van der Waals surface area contributed by atoms with Gasteiger partial charge in [0, 0.05) is 54.8 Å². The molecule has 146 valence electrons. The number of benzene rings is 1. The Labute approximate surface area is 182 Å². The number of rotatable bonds is 9. The van der Waals surface area contributed by atoms with Crippen LogP contribution in [-0.2, 0) is 4.79 Å². The summed E-state index contributed by atoms with van der Waals surface area (Å²) in [6.45, 7) is 6.17. The third kappa shape index (κ3) is 8.81. The number of halogens is 2. The molecule has 2 N–H and O–H groups in total. The average molecular weight is 511 g/mol. The first-order valence-corrected chi connectivity index (χ1v) is 10.2. The maximum Gasteiger partial charge on any atom is 0.222 e. The number of aliphatic imine (C=N–C) groups is 1. The number of hydrogen-bond acceptors (Lipinski definition) is 3. The molecule has 1 aliphatic rings. The molecule has 1 amide bonds. The molecule has 1 fully saturated rings. The average Bonchev–Trinajstić information content (AvgIpc) is 3.02. The fourth-order valence-corrected chi connectivity index (χ4v) is 3.50. The van der Waals surface area contributed by atoms with Gasteiger partial charge in [0.05, 0.1) is 0 Å². The molecule has 2 rings (SSSR count). The summed E-state index contributed by atoms with van der Waals surface area (Å²) in [7, 11) is 0. The van der Waals surface area contributed by atoms with Crippen LogP contribution in [0.2, 0.25) is 5.02 Å². The van der Waals surface area contributed by atoms with E-state index < -0.39 is 0 Å². The van der Waals surface area contributed by atoms with Crippen LogP contribution in [0.5, 0.6) is 0 Å². The molecule has 0 saturated carbocycles. The SMILES string of the molecule is CCNC(=NCCCN1CCCC1=O)NCCSc1ccc(Cl)cc1.I. The molecular weight excluding hydrogens is 483 g/mol. The number of guanidine groups is 1. The topological polar surface area (TPSA) is 56.7 Å². The number of nitrogens with zero attached hydrogens (tertiary/aromatic N) is 2. The van der Waals surface area contributed by atoms with Gasteiger partial charge in [-0.1, -0.05) is 11.6 Å². The molecule has 0 spiro atoms. The summed E-state index contributed by atoms with van der Waals surface area (Å²) in [5, 5.41) is 7.37. The van der Waals surface area contributed by atoms with E-state index in [1.54, 1.807) is 11.8 Å². The van der Waals surface area contributed by atoms with E-state index in [9.17, 15) is 4.79 Å². The van der Waals surface area contributed by atoms with Crippen LogP contribution in [0.15, 0.2) is 34.2 Å². The van der Waals surface area contributed by atoms with E-state index in [0.29, 0.717) is 6.42 Å². The Kier molecular flexibility index (Phi) is 12.1. The minimum Gasteiger partial charge on any atom is -0.357 e. The van der Waals surface area contributed by atoms with Crippen molar-refractivity contribution in [2.75, 3.05) is 38.5 Å². The van der Waals surface area contributed by atoms with Crippen molar-refractivity contribution in [1.29, 1.82) is 0 Å². The number of likely N-dealkylation sites (tertiary alicyclic amines) is 1. The number of thioether (sulfide) groups is 1. The maximum atomic E-state index is 11.6. The third-order valence-electron chi connectivity index (χ3n) is 3.85. The van der Waals surface area contributed by atoms with Crippen molar-refractivity contribution in [2.45, 2.75) is 31.1 Å². The maximum absolute atomic E-state index is 11.6. The van der Waals surface area contributed by atoms with E-state index in [-0.39, 0.29) is 29.9 Å². The summed E-state index contributed by atoms with van der Waals surface area (Å²) < 4.78 is 0. The number of hydrogen-bond donors (Lipinski definition) is 2. The molecule has 0 bridgehead atoms. The van der Waals surface area contributed by atoms with Gasteiger partial charge < -0.3 is 15.5 Å². The second-order valence-corrected chi connectivity index (χ2v) is 7.43. The van der Waals surface area contributed by atoms with E-state index in [4.69, 9.17) is 11.6 Å². The summed E-state index contributed by atoms with van der Waals surface area (Å²) in [5.41, 5.74) is 0. The van der Waals surface area contributed by atoms with Gasteiger partial charge in [0.15, 0.2) is 5.96 Å². The van der Waals surface area contributed by atoms with Crippen LogP contribution in [0.3, 0.4) is 0 Å².